The molecule has 1 aromatic carbocycles. The molecule has 0 spiro atoms. The Morgan fingerprint density at radius 3 is 2.77 bits per heavy atom. The molecule has 0 aliphatic heterocycles. The maximum atomic E-state index is 13.9. The highest BCUT2D eigenvalue weighted by Crippen LogP contribution is 2.21. The number of hydrogen-bond acceptors (Lipinski definition) is 3. The van der Waals surface area contributed by atoms with Gasteiger partial charge in [-0.25, -0.2) is 4.39 Å². The van der Waals surface area contributed by atoms with E-state index in [1.807, 2.05) is 13.8 Å². The topological polar surface area (TPSA) is 61.9 Å². The number of benzene rings is 1. The van der Waals surface area contributed by atoms with Gasteiger partial charge in [0.05, 0.1) is 24.7 Å². The normalized spacial score (nSPS) is 10.6. The number of nitriles is 1. The average Bonchev–Trinajstić information content (AvgIpc) is 2.87. The van der Waals surface area contributed by atoms with Gasteiger partial charge >= 0.3 is 0 Å². The Morgan fingerprint density at radius 2 is 2.12 bits per heavy atom. The first-order chi connectivity index (χ1) is 12.3. The molecule has 0 radical (unpaired) electrons. The lowest BCUT2D eigenvalue weighted by Crippen LogP contribution is -2.27. The first-order valence-electron chi connectivity index (χ1n) is 8.41. The number of carbonyl (C=O) groups is 1. The molecule has 0 fully saturated rings. The molecule has 7 heteroatoms. The van der Waals surface area contributed by atoms with Crippen LogP contribution in [-0.4, -0.2) is 27.6 Å². The lowest BCUT2D eigenvalue weighted by atomic mass is 10.1. The van der Waals surface area contributed by atoms with Gasteiger partial charge in [-0.3, -0.25) is 9.48 Å². The van der Waals surface area contributed by atoms with E-state index in [1.165, 1.54) is 11.0 Å². The summed E-state index contributed by atoms with van der Waals surface area (Å²) in [5.41, 5.74) is 3.19. The van der Waals surface area contributed by atoms with Gasteiger partial charge < -0.3 is 4.90 Å². The van der Waals surface area contributed by atoms with E-state index in [0.29, 0.717) is 36.4 Å². The number of amides is 1. The SMILES string of the molecule is Cc1nn(CCC#N)c(C)c1CCC(=O)N(C)Cc1c(F)cccc1Cl. The number of aryl methyl sites for hydroxylation is 2. The smallest absolute Gasteiger partial charge is 0.222 e. The predicted molar refractivity (Wildman–Crippen MR) is 98.1 cm³/mol. The maximum Gasteiger partial charge on any atom is 0.222 e. The molecular weight excluding hydrogens is 355 g/mol. The van der Waals surface area contributed by atoms with Crippen molar-refractivity contribution in [3.8, 4) is 6.07 Å². The zero-order chi connectivity index (χ0) is 19.3. The van der Waals surface area contributed by atoms with Crippen LogP contribution in [0.25, 0.3) is 0 Å². The van der Waals surface area contributed by atoms with Crippen LogP contribution in [0.1, 0.15) is 35.4 Å². The van der Waals surface area contributed by atoms with Crippen LogP contribution in [0.4, 0.5) is 4.39 Å². The Bertz CT molecular complexity index is 821. The third kappa shape index (κ3) is 4.61. The maximum absolute atomic E-state index is 13.9. The van der Waals surface area contributed by atoms with Crippen LogP contribution in [0.5, 0.6) is 0 Å². The van der Waals surface area contributed by atoms with Crippen molar-refractivity contribution >= 4 is 17.5 Å². The van der Waals surface area contributed by atoms with Crippen LogP contribution in [0.15, 0.2) is 18.2 Å². The summed E-state index contributed by atoms with van der Waals surface area (Å²) < 4.78 is 15.7. The summed E-state index contributed by atoms with van der Waals surface area (Å²) in [5, 5.41) is 13.5. The highest BCUT2D eigenvalue weighted by Gasteiger charge is 2.17. The number of aromatic nitrogens is 2. The van der Waals surface area contributed by atoms with Gasteiger partial charge in [0.25, 0.3) is 0 Å². The second kappa shape index (κ2) is 8.81. The van der Waals surface area contributed by atoms with Crippen molar-refractivity contribution in [2.45, 2.75) is 46.2 Å². The number of rotatable bonds is 7. The van der Waals surface area contributed by atoms with E-state index in [-0.39, 0.29) is 12.5 Å². The molecule has 1 amide bonds. The van der Waals surface area contributed by atoms with Crippen LogP contribution in [-0.2, 0) is 24.3 Å². The van der Waals surface area contributed by atoms with E-state index < -0.39 is 5.82 Å². The van der Waals surface area contributed by atoms with Gasteiger partial charge in [-0.15, -0.1) is 0 Å². The van der Waals surface area contributed by atoms with Crippen molar-refractivity contribution in [2.24, 2.45) is 0 Å². The van der Waals surface area contributed by atoms with Gasteiger partial charge in [-0.2, -0.15) is 10.4 Å². The molecule has 0 unspecified atom stereocenters. The minimum absolute atomic E-state index is 0.0899. The fraction of sp³-hybridized carbons (Fsp3) is 0.421. The average molecular weight is 377 g/mol. The Morgan fingerprint density at radius 1 is 1.38 bits per heavy atom. The van der Waals surface area contributed by atoms with Gasteiger partial charge in [0.2, 0.25) is 5.91 Å². The summed E-state index contributed by atoms with van der Waals surface area (Å²) in [5.74, 6) is -0.504. The summed E-state index contributed by atoms with van der Waals surface area (Å²) in [6.45, 7) is 4.52. The highest BCUT2D eigenvalue weighted by atomic mass is 35.5. The van der Waals surface area contributed by atoms with E-state index in [1.54, 1.807) is 23.9 Å². The zero-order valence-electron chi connectivity index (χ0n) is 15.2. The zero-order valence-corrected chi connectivity index (χ0v) is 16.0. The highest BCUT2D eigenvalue weighted by molar-refractivity contribution is 6.31. The molecule has 0 atom stereocenters. The van der Waals surface area contributed by atoms with Crippen LogP contribution in [0, 0.1) is 31.0 Å². The molecule has 0 bridgehead atoms. The fourth-order valence-electron chi connectivity index (χ4n) is 2.90. The third-order valence-corrected chi connectivity index (χ3v) is 4.79. The van der Waals surface area contributed by atoms with Gasteiger partial charge in [0.1, 0.15) is 5.82 Å². The molecule has 1 heterocycles. The molecular formula is C19H22ClFN4O. The Labute approximate surface area is 158 Å². The predicted octanol–water partition coefficient (Wildman–Crippen LogP) is 3.80. The molecule has 0 saturated heterocycles. The molecule has 0 aliphatic carbocycles. The van der Waals surface area contributed by atoms with E-state index >= 15 is 0 Å². The van der Waals surface area contributed by atoms with E-state index in [2.05, 4.69) is 11.2 Å². The van der Waals surface area contributed by atoms with Crippen LogP contribution in [0.3, 0.4) is 0 Å². The Kier molecular flexibility index (Phi) is 6.76. The van der Waals surface area contributed by atoms with Crippen molar-refractivity contribution in [3.05, 3.63) is 51.6 Å². The van der Waals surface area contributed by atoms with Crippen molar-refractivity contribution in [2.75, 3.05) is 7.05 Å². The molecule has 5 nitrogen and oxygen atoms in total. The number of carbonyl (C=O) groups excluding carboxylic acids is 1. The number of hydrogen-bond donors (Lipinski definition) is 0. The second-order valence-corrected chi connectivity index (χ2v) is 6.64. The molecule has 0 aliphatic rings. The molecule has 2 rings (SSSR count). The second-order valence-electron chi connectivity index (χ2n) is 6.23. The van der Waals surface area contributed by atoms with Crippen LogP contribution >= 0.6 is 11.6 Å². The lowest BCUT2D eigenvalue weighted by molar-refractivity contribution is -0.130. The summed E-state index contributed by atoms with van der Waals surface area (Å²) >= 11 is 6.03. The lowest BCUT2D eigenvalue weighted by Gasteiger charge is -2.18. The van der Waals surface area contributed by atoms with E-state index in [9.17, 15) is 9.18 Å². The molecule has 0 saturated carbocycles. The Hall–Kier alpha value is -2.39. The minimum atomic E-state index is -0.414. The fourth-order valence-corrected chi connectivity index (χ4v) is 3.12. The summed E-state index contributed by atoms with van der Waals surface area (Å²) in [6, 6.07) is 6.59. The van der Waals surface area contributed by atoms with E-state index in [4.69, 9.17) is 16.9 Å². The first-order valence-corrected chi connectivity index (χ1v) is 8.79. The largest absolute Gasteiger partial charge is 0.341 e. The van der Waals surface area contributed by atoms with Crippen molar-refractivity contribution in [1.29, 1.82) is 5.26 Å². The molecule has 1 aromatic heterocycles. The van der Waals surface area contributed by atoms with Gasteiger partial charge in [-0.1, -0.05) is 17.7 Å². The van der Waals surface area contributed by atoms with E-state index in [0.717, 1.165) is 17.0 Å². The van der Waals surface area contributed by atoms with Gasteiger partial charge in [-0.05, 0) is 38.0 Å². The van der Waals surface area contributed by atoms with Crippen LogP contribution in [0.2, 0.25) is 5.02 Å². The number of halogens is 2. The standard InChI is InChI=1S/C19H22ClFN4O/c1-13-15(14(2)25(23-13)11-5-10-22)8-9-19(26)24(3)12-16-17(20)6-4-7-18(16)21/h4,6-7H,5,8-9,11-12H2,1-3H3. The van der Waals surface area contributed by atoms with Crippen molar-refractivity contribution in [3.63, 3.8) is 0 Å². The molecule has 0 N–H and O–H groups in total. The summed E-state index contributed by atoms with van der Waals surface area (Å²) in [6.07, 6.45) is 1.25. The van der Waals surface area contributed by atoms with Crippen molar-refractivity contribution < 1.29 is 9.18 Å². The third-order valence-electron chi connectivity index (χ3n) is 4.44. The summed E-state index contributed by atoms with van der Waals surface area (Å²) in [7, 11) is 1.64. The molecule has 26 heavy (non-hydrogen) atoms. The van der Waals surface area contributed by atoms with Crippen molar-refractivity contribution in [1.82, 2.24) is 14.7 Å². The number of nitrogens with zero attached hydrogens (tertiary/aromatic N) is 4. The summed E-state index contributed by atoms with van der Waals surface area (Å²) in [4.78, 5) is 13.9. The first kappa shape index (κ1) is 19.9. The molecule has 2 aromatic rings. The Balaban J connectivity index is 2.00. The molecule has 138 valence electrons. The van der Waals surface area contributed by atoms with Crippen LogP contribution < -0.4 is 0 Å². The minimum Gasteiger partial charge on any atom is -0.341 e. The quantitative estimate of drug-likeness (QED) is 0.738. The monoisotopic (exact) mass is 376 g/mol. The van der Waals surface area contributed by atoms with Gasteiger partial charge in [0, 0.05) is 36.3 Å². The van der Waals surface area contributed by atoms with Gasteiger partial charge in [0.15, 0.2) is 0 Å².